The van der Waals surface area contributed by atoms with Crippen molar-refractivity contribution in [2.75, 3.05) is 5.73 Å². The number of nitrogens with two attached hydrogens (primary N) is 1. The number of halogens is 1. The topological polar surface area (TPSA) is 61.1 Å². The molecule has 0 atom stereocenters. The van der Waals surface area contributed by atoms with E-state index in [9.17, 15) is 4.39 Å². The van der Waals surface area contributed by atoms with Gasteiger partial charge in [0.2, 0.25) is 0 Å². The predicted octanol–water partition coefficient (Wildman–Crippen LogP) is 1.94. The zero-order valence-corrected chi connectivity index (χ0v) is 9.84. The number of nitrogens with zero attached hydrogens (tertiary/aromatic N) is 4. The Kier molecular flexibility index (Phi) is 2.29. The molecule has 3 heterocycles. The number of pyridine rings is 1. The third-order valence-electron chi connectivity index (χ3n) is 2.91. The van der Waals surface area contributed by atoms with Gasteiger partial charge in [0.05, 0.1) is 18.2 Å². The first kappa shape index (κ1) is 10.8. The molecule has 5 nitrogen and oxygen atoms in total. The average Bonchev–Trinajstić information content (AvgIpc) is 2.94. The molecule has 92 valence electrons. The van der Waals surface area contributed by atoms with Crippen LogP contribution in [0, 0.1) is 5.82 Å². The van der Waals surface area contributed by atoms with Crippen molar-refractivity contribution >= 4 is 11.5 Å². The maximum Gasteiger partial charge on any atom is 0.140 e. The number of nitrogen functional groups attached to an aromatic ring is 1. The normalized spacial score (nSPS) is 11.2. The summed E-state index contributed by atoms with van der Waals surface area (Å²) in [7, 11) is 0. The first-order valence-corrected chi connectivity index (χ1v) is 5.64. The molecule has 0 fully saturated rings. The molecular weight excluding hydrogens is 233 g/mol. The molecule has 0 aliphatic carbocycles. The summed E-state index contributed by atoms with van der Waals surface area (Å²) < 4.78 is 16.7. The summed E-state index contributed by atoms with van der Waals surface area (Å²) >= 11 is 0. The van der Waals surface area contributed by atoms with E-state index in [0.29, 0.717) is 17.2 Å². The molecule has 6 heteroatoms. The molecule has 3 rings (SSSR count). The molecule has 0 spiro atoms. The Morgan fingerprint density at radius 3 is 3.00 bits per heavy atom. The second-order valence-corrected chi connectivity index (χ2v) is 3.99. The van der Waals surface area contributed by atoms with Gasteiger partial charge in [-0.25, -0.2) is 14.4 Å². The molecule has 0 amide bonds. The Hall–Kier alpha value is -2.37. The molecule has 2 N–H and O–H groups in total. The van der Waals surface area contributed by atoms with Crippen molar-refractivity contribution in [3.8, 4) is 11.4 Å². The van der Waals surface area contributed by atoms with Crippen LogP contribution < -0.4 is 5.73 Å². The third kappa shape index (κ3) is 1.46. The maximum atomic E-state index is 13.2. The highest BCUT2D eigenvalue weighted by Gasteiger charge is 2.14. The van der Waals surface area contributed by atoms with Gasteiger partial charge in [-0.1, -0.05) is 0 Å². The maximum absolute atomic E-state index is 13.2. The van der Waals surface area contributed by atoms with Gasteiger partial charge in [0.25, 0.3) is 0 Å². The number of rotatable bonds is 2. The lowest BCUT2D eigenvalue weighted by Gasteiger charge is -2.02. The summed E-state index contributed by atoms with van der Waals surface area (Å²) in [5.41, 5.74) is 8.09. The number of aryl methyl sites for hydroxylation is 1. The van der Waals surface area contributed by atoms with Crippen LogP contribution in [0.2, 0.25) is 0 Å². The predicted molar refractivity (Wildman–Crippen MR) is 66.5 cm³/mol. The van der Waals surface area contributed by atoms with Crippen LogP contribution in [0.25, 0.3) is 17.0 Å². The molecule has 0 saturated heterocycles. The van der Waals surface area contributed by atoms with Crippen LogP contribution in [0.1, 0.15) is 6.92 Å². The van der Waals surface area contributed by atoms with E-state index in [1.54, 1.807) is 18.6 Å². The van der Waals surface area contributed by atoms with Crippen LogP contribution in [-0.4, -0.2) is 18.9 Å². The van der Waals surface area contributed by atoms with E-state index in [1.807, 2.05) is 11.5 Å². The fourth-order valence-corrected chi connectivity index (χ4v) is 2.00. The van der Waals surface area contributed by atoms with Gasteiger partial charge in [-0.15, -0.1) is 0 Å². The quantitative estimate of drug-likeness (QED) is 0.750. The van der Waals surface area contributed by atoms with Gasteiger partial charge in [-0.3, -0.25) is 4.40 Å². The monoisotopic (exact) mass is 245 g/mol. The molecular formula is C12H12FN5. The SMILES string of the molecule is CCn1cncc1-c1nc2ccc(F)cn2c1N. The number of hydrogen-bond donors (Lipinski definition) is 1. The van der Waals surface area contributed by atoms with Gasteiger partial charge in [-0.05, 0) is 19.1 Å². The number of anilines is 1. The molecule has 0 aliphatic rings. The van der Waals surface area contributed by atoms with E-state index in [1.165, 1.54) is 16.7 Å². The standard InChI is InChI=1S/C12H12FN5/c1-2-17-7-15-5-9(17)11-12(14)18-6-8(13)3-4-10(18)16-11/h3-7H,2,14H2,1H3. The highest BCUT2D eigenvalue weighted by atomic mass is 19.1. The summed E-state index contributed by atoms with van der Waals surface area (Å²) in [5, 5.41) is 0. The highest BCUT2D eigenvalue weighted by Crippen LogP contribution is 2.26. The summed E-state index contributed by atoms with van der Waals surface area (Å²) in [6, 6.07) is 2.96. The van der Waals surface area contributed by atoms with Crippen LogP contribution in [0.5, 0.6) is 0 Å². The number of imidazole rings is 2. The first-order valence-electron chi connectivity index (χ1n) is 5.64. The molecule has 0 unspecified atom stereocenters. The van der Waals surface area contributed by atoms with Crippen molar-refractivity contribution in [3.63, 3.8) is 0 Å². The molecule has 0 saturated carbocycles. The molecule has 3 aromatic rings. The van der Waals surface area contributed by atoms with E-state index < -0.39 is 0 Å². The summed E-state index contributed by atoms with van der Waals surface area (Å²) in [6.07, 6.45) is 4.76. The lowest BCUT2D eigenvalue weighted by atomic mass is 10.3. The first-order chi connectivity index (χ1) is 8.70. The summed E-state index contributed by atoms with van der Waals surface area (Å²) in [6.45, 7) is 2.79. The zero-order chi connectivity index (χ0) is 12.7. The second kappa shape index (κ2) is 3.83. The van der Waals surface area contributed by atoms with Gasteiger partial charge in [-0.2, -0.15) is 0 Å². The van der Waals surface area contributed by atoms with Crippen molar-refractivity contribution < 1.29 is 4.39 Å². The van der Waals surface area contributed by atoms with Crippen molar-refractivity contribution in [3.05, 3.63) is 36.7 Å². The number of fused-ring (bicyclic) bond motifs is 1. The van der Waals surface area contributed by atoms with Crippen LogP contribution in [0.15, 0.2) is 30.9 Å². The largest absolute Gasteiger partial charge is 0.383 e. The van der Waals surface area contributed by atoms with Crippen molar-refractivity contribution in [2.24, 2.45) is 0 Å². The fourth-order valence-electron chi connectivity index (χ4n) is 2.00. The molecule has 3 aromatic heterocycles. The Morgan fingerprint density at radius 1 is 1.39 bits per heavy atom. The Morgan fingerprint density at radius 2 is 2.22 bits per heavy atom. The van der Waals surface area contributed by atoms with E-state index in [2.05, 4.69) is 9.97 Å². The number of aromatic nitrogens is 4. The smallest absolute Gasteiger partial charge is 0.140 e. The number of hydrogen-bond acceptors (Lipinski definition) is 3. The molecule has 18 heavy (non-hydrogen) atoms. The van der Waals surface area contributed by atoms with E-state index in [-0.39, 0.29) is 5.82 Å². The van der Waals surface area contributed by atoms with Crippen molar-refractivity contribution in [1.29, 1.82) is 0 Å². The Labute approximate surface area is 103 Å². The lowest BCUT2D eigenvalue weighted by molar-refractivity contribution is 0.619. The fraction of sp³-hybridized carbons (Fsp3) is 0.167. The molecule has 0 aromatic carbocycles. The third-order valence-corrected chi connectivity index (χ3v) is 2.91. The van der Waals surface area contributed by atoms with Gasteiger partial charge < -0.3 is 10.3 Å². The second-order valence-electron chi connectivity index (χ2n) is 3.99. The molecule has 0 radical (unpaired) electrons. The highest BCUT2D eigenvalue weighted by molar-refractivity contribution is 5.72. The van der Waals surface area contributed by atoms with Gasteiger partial charge in [0.1, 0.15) is 23.0 Å². The van der Waals surface area contributed by atoms with Crippen LogP contribution in [0.4, 0.5) is 10.2 Å². The van der Waals surface area contributed by atoms with Crippen LogP contribution >= 0.6 is 0 Å². The minimum absolute atomic E-state index is 0.345. The van der Waals surface area contributed by atoms with Crippen LogP contribution in [0.3, 0.4) is 0 Å². The van der Waals surface area contributed by atoms with Gasteiger partial charge >= 0.3 is 0 Å². The molecule has 0 aliphatic heterocycles. The van der Waals surface area contributed by atoms with E-state index >= 15 is 0 Å². The van der Waals surface area contributed by atoms with Gasteiger partial charge in [0, 0.05) is 12.7 Å². The van der Waals surface area contributed by atoms with Crippen LogP contribution in [-0.2, 0) is 6.54 Å². The zero-order valence-electron chi connectivity index (χ0n) is 9.84. The average molecular weight is 245 g/mol. The lowest BCUT2D eigenvalue weighted by Crippen LogP contribution is -1.99. The molecule has 0 bridgehead atoms. The van der Waals surface area contributed by atoms with E-state index in [4.69, 9.17) is 5.73 Å². The summed E-state index contributed by atoms with van der Waals surface area (Å²) in [4.78, 5) is 8.50. The van der Waals surface area contributed by atoms with Gasteiger partial charge in [0.15, 0.2) is 0 Å². The Balaban J connectivity index is 2.27. The van der Waals surface area contributed by atoms with E-state index in [0.717, 1.165) is 12.2 Å². The van der Waals surface area contributed by atoms with Crippen molar-refractivity contribution in [2.45, 2.75) is 13.5 Å². The van der Waals surface area contributed by atoms with Crippen molar-refractivity contribution in [1.82, 2.24) is 18.9 Å². The minimum Gasteiger partial charge on any atom is -0.383 e. The minimum atomic E-state index is -0.345. The Bertz CT molecular complexity index is 712. The summed E-state index contributed by atoms with van der Waals surface area (Å²) in [5.74, 6) is 0.0712.